The molecular formula is C22H40O2. The molecule has 0 saturated heterocycles. The lowest BCUT2D eigenvalue weighted by Crippen LogP contribution is -2.45. The summed E-state index contributed by atoms with van der Waals surface area (Å²) in [4.78, 5) is 12.4. The number of carboxylic acids is 1. The Hall–Kier alpha value is -0.530. The molecule has 2 fully saturated rings. The molecule has 0 aromatic heterocycles. The van der Waals surface area contributed by atoms with Crippen molar-refractivity contribution in [3.8, 4) is 0 Å². The third-order valence-electron chi connectivity index (χ3n) is 7.35. The molecule has 0 heterocycles. The fraction of sp³-hybridized carbons (Fsp3) is 0.955. The van der Waals surface area contributed by atoms with Gasteiger partial charge in [0.15, 0.2) is 0 Å². The van der Waals surface area contributed by atoms with Crippen molar-refractivity contribution in [3.63, 3.8) is 0 Å². The molecule has 0 radical (unpaired) electrons. The van der Waals surface area contributed by atoms with Crippen LogP contribution in [-0.4, -0.2) is 11.1 Å². The fourth-order valence-electron chi connectivity index (χ4n) is 6.06. The van der Waals surface area contributed by atoms with E-state index in [2.05, 4.69) is 41.5 Å². The van der Waals surface area contributed by atoms with Gasteiger partial charge in [-0.2, -0.15) is 0 Å². The van der Waals surface area contributed by atoms with Gasteiger partial charge in [-0.25, -0.2) is 0 Å². The summed E-state index contributed by atoms with van der Waals surface area (Å²) < 4.78 is 0. The summed E-state index contributed by atoms with van der Waals surface area (Å²) in [6.07, 6.45) is 7.25. The van der Waals surface area contributed by atoms with E-state index in [-0.39, 0.29) is 5.92 Å². The van der Waals surface area contributed by atoms with Crippen molar-refractivity contribution in [2.45, 2.75) is 80.1 Å². The molecule has 2 rings (SSSR count). The van der Waals surface area contributed by atoms with Gasteiger partial charge in [-0.05, 0) is 73.0 Å². The number of carbonyl (C=O) groups is 1. The molecule has 24 heavy (non-hydrogen) atoms. The van der Waals surface area contributed by atoms with E-state index in [1.165, 1.54) is 25.7 Å². The molecule has 140 valence electrons. The largest absolute Gasteiger partial charge is 0.481 e. The molecule has 2 nitrogen and oxygen atoms in total. The molecule has 0 amide bonds. The van der Waals surface area contributed by atoms with Crippen LogP contribution in [0.25, 0.3) is 0 Å². The van der Waals surface area contributed by atoms with E-state index in [1.54, 1.807) is 0 Å². The van der Waals surface area contributed by atoms with E-state index in [9.17, 15) is 9.90 Å². The highest BCUT2D eigenvalue weighted by molar-refractivity contribution is 5.71. The van der Waals surface area contributed by atoms with Crippen LogP contribution < -0.4 is 0 Å². The average molecular weight is 337 g/mol. The molecule has 0 aromatic carbocycles. The second-order valence-electron chi connectivity index (χ2n) is 9.84. The topological polar surface area (TPSA) is 37.3 Å². The van der Waals surface area contributed by atoms with Crippen molar-refractivity contribution in [1.29, 1.82) is 0 Å². The van der Waals surface area contributed by atoms with Crippen LogP contribution in [0.15, 0.2) is 0 Å². The quantitative estimate of drug-likeness (QED) is 0.658. The van der Waals surface area contributed by atoms with Crippen LogP contribution in [0.3, 0.4) is 0 Å². The smallest absolute Gasteiger partial charge is 0.307 e. The predicted octanol–water partition coefficient (Wildman–Crippen LogP) is 6.10. The molecule has 2 aliphatic rings. The molecular weight excluding hydrogens is 296 g/mol. The van der Waals surface area contributed by atoms with Gasteiger partial charge in [-0.3, -0.25) is 4.79 Å². The molecule has 2 heteroatoms. The van der Waals surface area contributed by atoms with Crippen LogP contribution in [0.2, 0.25) is 0 Å². The monoisotopic (exact) mass is 336 g/mol. The lowest BCUT2D eigenvalue weighted by atomic mass is 9.57. The van der Waals surface area contributed by atoms with Crippen molar-refractivity contribution in [2.75, 3.05) is 0 Å². The molecule has 0 spiro atoms. The highest BCUT2D eigenvalue weighted by Crippen LogP contribution is 2.50. The van der Waals surface area contributed by atoms with Gasteiger partial charge in [0.25, 0.3) is 0 Å². The van der Waals surface area contributed by atoms with E-state index in [4.69, 9.17) is 0 Å². The van der Waals surface area contributed by atoms with E-state index in [0.29, 0.717) is 47.3 Å². The first-order valence-corrected chi connectivity index (χ1v) is 10.4. The molecule has 0 bridgehead atoms. The zero-order valence-electron chi connectivity index (χ0n) is 16.8. The standard InChI is InChI=1S/C22H40O2/c1-13(2)17-9-7-15(5)11-19(17)21(22(23)24)20-12-16(6)8-10-18(20)14(3)4/h13-21H,7-12H2,1-6H3,(H,23,24). The lowest BCUT2D eigenvalue weighted by Gasteiger charge is -2.47. The molecule has 2 aliphatic carbocycles. The summed E-state index contributed by atoms with van der Waals surface area (Å²) in [6, 6.07) is 0. The van der Waals surface area contributed by atoms with Crippen molar-refractivity contribution in [1.82, 2.24) is 0 Å². The van der Waals surface area contributed by atoms with Crippen LogP contribution >= 0.6 is 0 Å². The van der Waals surface area contributed by atoms with Gasteiger partial charge in [-0.1, -0.05) is 54.4 Å². The van der Waals surface area contributed by atoms with E-state index in [0.717, 1.165) is 12.8 Å². The Labute approximate surface area is 149 Å². The van der Waals surface area contributed by atoms with Crippen molar-refractivity contribution in [3.05, 3.63) is 0 Å². The minimum absolute atomic E-state index is 0.129. The Morgan fingerprint density at radius 2 is 1.12 bits per heavy atom. The first-order valence-electron chi connectivity index (χ1n) is 10.4. The molecule has 6 atom stereocenters. The summed E-state index contributed by atoms with van der Waals surface area (Å²) in [6.45, 7) is 13.9. The predicted molar refractivity (Wildman–Crippen MR) is 101 cm³/mol. The SMILES string of the molecule is CC1CCC(C(C)C)C(C(C(=O)O)C2CC(C)CCC2C(C)C)C1. The summed E-state index contributed by atoms with van der Waals surface area (Å²) in [5.74, 6) is 3.87. The minimum Gasteiger partial charge on any atom is -0.481 e. The number of hydrogen-bond acceptors (Lipinski definition) is 1. The van der Waals surface area contributed by atoms with Gasteiger partial charge < -0.3 is 5.11 Å². The lowest BCUT2D eigenvalue weighted by molar-refractivity contribution is -0.152. The van der Waals surface area contributed by atoms with Gasteiger partial charge in [0, 0.05) is 0 Å². The van der Waals surface area contributed by atoms with Crippen LogP contribution in [0.1, 0.15) is 80.1 Å². The minimum atomic E-state index is -0.510. The van der Waals surface area contributed by atoms with E-state index in [1.807, 2.05) is 0 Å². The van der Waals surface area contributed by atoms with Crippen LogP contribution in [0, 0.1) is 53.3 Å². The normalized spacial score (nSPS) is 39.2. The summed E-state index contributed by atoms with van der Waals surface area (Å²) >= 11 is 0. The molecule has 6 unspecified atom stereocenters. The Morgan fingerprint density at radius 3 is 1.42 bits per heavy atom. The number of carboxylic acid groups (broad SMARTS) is 1. The Bertz CT molecular complexity index is 382. The third-order valence-corrected chi connectivity index (χ3v) is 7.35. The van der Waals surface area contributed by atoms with Crippen molar-refractivity contribution < 1.29 is 9.90 Å². The van der Waals surface area contributed by atoms with E-state index < -0.39 is 5.97 Å². The average Bonchev–Trinajstić information content (AvgIpc) is 2.46. The highest BCUT2D eigenvalue weighted by Gasteiger charge is 2.46. The van der Waals surface area contributed by atoms with E-state index >= 15 is 0 Å². The maximum atomic E-state index is 12.4. The first kappa shape index (κ1) is 19.8. The van der Waals surface area contributed by atoms with Gasteiger partial charge in [-0.15, -0.1) is 0 Å². The number of hydrogen-bond donors (Lipinski definition) is 1. The molecule has 0 aromatic rings. The Kier molecular flexibility index (Phi) is 6.79. The number of aliphatic carboxylic acids is 1. The first-order chi connectivity index (χ1) is 11.2. The number of rotatable bonds is 5. The zero-order valence-corrected chi connectivity index (χ0v) is 16.8. The van der Waals surface area contributed by atoms with Crippen molar-refractivity contribution in [2.24, 2.45) is 53.3 Å². The third kappa shape index (κ3) is 4.35. The molecule has 0 aliphatic heterocycles. The molecule has 2 saturated carbocycles. The fourth-order valence-corrected chi connectivity index (χ4v) is 6.06. The second kappa shape index (κ2) is 8.23. The summed E-state index contributed by atoms with van der Waals surface area (Å²) in [7, 11) is 0. The van der Waals surface area contributed by atoms with Crippen LogP contribution in [0.4, 0.5) is 0 Å². The summed E-state index contributed by atoms with van der Waals surface area (Å²) in [5, 5.41) is 10.2. The molecule has 1 N–H and O–H groups in total. The zero-order chi connectivity index (χ0) is 18.0. The van der Waals surface area contributed by atoms with Crippen molar-refractivity contribution >= 4 is 5.97 Å². The van der Waals surface area contributed by atoms with Gasteiger partial charge in [0.1, 0.15) is 0 Å². The maximum Gasteiger partial charge on any atom is 0.307 e. The Balaban J connectivity index is 2.32. The van der Waals surface area contributed by atoms with Crippen LogP contribution in [-0.2, 0) is 4.79 Å². The van der Waals surface area contributed by atoms with Gasteiger partial charge >= 0.3 is 5.97 Å². The van der Waals surface area contributed by atoms with Gasteiger partial charge in [0.05, 0.1) is 5.92 Å². The highest BCUT2D eigenvalue weighted by atomic mass is 16.4. The van der Waals surface area contributed by atoms with Gasteiger partial charge in [0.2, 0.25) is 0 Å². The Morgan fingerprint density at radius 1 is 0.750 bits per heavy atom. The second-order valence-corrected chi connectivity index (χ2v) is 9.84. The maximum absolute atomic E-state index is 12.4. The van der Waals surface area contributed by atoms with Crippen LogP contribution in [0.5, 0.6) is 0 Å². The summed E-state index contributed by atoms with van der Waals surface area (Å²) in [5.41, 5.74) is 0.